The summed E-state index contributed by atoms with van der Waals surface area (Å²) < 4.78 is 79.5. The van der Waals surface area contributed by atoms with E-state index in [2.05, 4.69) is 20.4 Å². The van der Waals surface area contributed by atoms with Crippen LogP contribution in [0.1, 0.15) is 12.1 Å². The Morgan fingerprint density at radius 1 is 0.946 bits per heavy atom. The summed E-state index contributed by atoms with van der Waals surface area (Å²) in [5.41, 5.74) is 0.219. The SMILES string of the molecule is O=C(Nc1ccc(OC(F)(F)F)cc1)C1CCN(c2ccc(Nc3ccc(O)c(C(F)(F)F)n3)cc2)C1. The number of carbonyl (C=O) groups is 1. The number of aromatic hydroxyl groups is 1. The maximum Gasteiger partial charge on any atom is 0.573 e. The number of ether oxygens (including phenoxy) is 1. The smallest absolute Gasteiger partial charge is 0.506 e. The van der Waals surface area contributed by atoms with Crippen molar-refractivity contribution in [2.75, 3.05) is 28.6 Å². The predicted molar refractivity (Wildman–Crippen MR) is 123 cm³/mol. The third kappa shape index (κ3) is 6.74. The molecular formula is C24H20F6N4O3. The highest BCUT2D eigenvalue weighted by atomic mass is 19.4. The maximum atomic E-state index is 12.9. The van der Waals surface area contributed by atoms with E-state index in [1.165, 1.54) is 18.2 Å². The lowest BCUT2D eigenvalue weighted by molar-refractivity contribution is -0.274. The molecule has 1 fully saturated rings. The van der Waals surface area contributed by atoms with Gasteiger partial charge >= 0.3 is 12.5 Å². The minimum atomic E-state index is -4.80. The summed E-state index contributed by atoms with van der Waals surface area (Å²) in [6.45, 7) is 0.986. The number of rotatable bonds is 6. The number of alkyl halides is 6. The van der Waals surface area contributed by atoms with Gasteiger partial charge in [0.25, 0.3) is 0 Å². The number of nitrogens with one attached hydrogen (secondary N) is 2. The van der Waals surface area contributed by atoms with E-state index < -0.39 is 29.7 Å². The van der Waals surface area contributed by atoms with Crippen LogP contribution < -0.4 is 20.3 Å². The molecule has 37 heavy (non-hydrogen) atoms. The van der Waals surface area contributed by atoms with E-state index in [1.54, 1.807) is 24.3 Å². The van der Waals surface area contributed by atoms with Gasteiger partial charge in [-0.05, 0) is 67.1 Å². The highest BCUT2D eigenvalue weighted by Gasteiger charge is 2.36. The first-order valence-corrected chi connectivity index (χ1v) is 10.9. The zero-order chi connectivity index (χ0) is 26.8. The van der Waals surface area contributed by atoms with Crippen LogP contribution in [0.3, 0.4) is 0 Å². The molecule has 0 bridgehead atoms. The fourth-order valence-corrected chi connectivity index (χ4v) is 3.83. The number of pyridine rings is 1. The Balaban J connectivity index is 1.33. The Bertz CT molecular complexity index is 1250. The van der Waals surface area contributed by atoms with Crippen molar-refractivity contribution in [2.45, 2.75) is 19.0 Å². The zero-order valence-corrected chi connectivity index (χ0v) is 18.9. The molecule has 0 aliphatic carbocycles. The monoisotopic (exact) mass is 526 g/mol. The summed E-state index contributed by atoms with van der Waals surface area (Å²) in [4.78, 5) is 18.0. The van der Waals surface area contributed by atoms with Crippen LogP contribution in [0.5, 0.6) is 11.5 Å². The van der Waals surface area contributed by atoms with E-state index >= 15 is 0 Å². The van der Waals surface area contributed by atoms with Crippen molar-refractivity contribution in [1.29, 1.82) is 0 Å². The molecule has 196 valence electrons. The largest absolute Gasteiger partial charge is 0.573 e. The molecule has 3 N–H and O–H groups in total. The molecule has 1 aliphatic heterocycles. The topological polar surface area (TPSA) is 86.7 Å². The first-order valence-electron chi connectivity index (χ1n) is 10.9. The lowest BCUT2D eigenvalue weighted by Crippen LogP contribution is -2.27. The van der Waals surface area contributed by atoms with Gasteiger partial charge in [0.2, 0.25) is 5.91 Å². The second kappa shape index (κ2) is 10.1. The molecule has 1 unspecified atom stereocenters. The molecule has 2 heterocycles. The molecule has 2 aromatic carbocycles. The Hall–Kier alpha value is -4.16. The van der Waals surface area contributed by atoms with Gasteiger partial charge in [-0.25, -0.2) is 4.98 Å². The quantitative estimate of drug-likeness (QED) is 0.346. The van der Waals surface area contributed by atoms with Crippen molar-refractivity contribution in [3.05, 3.63) is 66.4 Å². The molecule has 1 aromatic heterocycles. The Morgan fingerprint density at radius 3 is 2.22 bits per heavy atom. The Labute approximate surface area is 206 Å². The van der Waals surface area contributed by atoms with Crippen molar-refractivity contribution in [3.8, 4) is 11.5 Å². The molecular weight excluding hydrogens is 506 g/mol. The number of hydrogen-bond acceptors (Lipinski definition) is 6. The second-order valence-corrected chi connectivity index (χ2v) is 8.23. The average molecular weight is 526 g/mol. The fourth-order valence-electron chi connectivity index (χ4n) is 3.83. The summed E-state index contributed by atoms with van der Waals surface area (Å²) in [6, 6.07) is 13.8. The highest BCUT2D eigenvalue weighted by Crippen LogP contribution is 2.35. The number of benzene rings is 2. The van der Waals surface area contributed by atoms with Crippen molar-refractivity contribution < 1.29 is 41.0 Å². The van der Waals surface area contributed by atoms with Crippen LogP contribution in [0, 0.1) is 5.92 Å². The number of amides is 1. The van der Waals surface area contributed by atoms with Gasteiger partial charge in [0.15, 0.2) is 5.69 Å². The number of aromatic nitrogens is 1. The average Bonchev–Trinajstić information content (AvgIpc) is 3.31. The lowest BCUT2D eigenvalue weighted by atomic mass is 10.1. The molecule has 4 rings (SSSR count). The summed E-state index contributed by atoms with van der Waals surface area (Å²) in [7, 11) is 0. The molecule has 1 aliphatic rings. The highest BCUT2D eigenvalue weighted by molar-refractivity contribution is 5.93. The second-order valence-electron chi connectivity index (χ2n) is 8.23. The first-order chi connectivity index (χ1) is 17.4. The van der Waals surface area contributed by atoms with Crippen LogP contribution >= 0.6 is 0 Å². The minimum Gasteiger partial charge on any atom is -0.506 e. The van der Waals surface area contributed by atoms with E-state index in [-0.39, 0.29) is 17.6 Å². The Kier molecular flexibility index (Phi) is 7.05. The van der Waals surface area contributed by atoms with Gasteiger partial charge < -0.3 is 25.4 Å². The normalized spacial score (nSPS) is 15.9. The van der Waals surface area contributed by atoms with Crippen LogP contribution in [-0.4, -0.2) is 35.4 Å². The number of halogens is 6. The van der Waals surface area contributed by atoms with Crippen LogP contribution in [0.25, 0.3) is 0 Å². The lowest BCUT2D eigenvalue weighted by Gasteiger charge is -2.19. The zero-order valence-electron chi connectivity index (χ0n) is 18.9. The summed E-state index contributed by atoms with van der Waals surface area (Å²) in [6.07, 6.45) is -9.04. The summed E-state index contributed by atoms with van der Waals surface area (Å²) in [5, 5.41) is 14.8. The molecule has 0 radical (unpaired) electrons. The Morgan fingerprint density at radius 2 is 1.59 bits per heavy atom. The number of anilines is 4. The molecule has 1 atom stereocenters. The molecule has 1 saturated heterocycles. The fraction of sp³-hybridized carbons (Fsp3) is 0.250. The predicted octanol–water partition coefficient (Wildman–Crippen LogP) is 5.91. The van der Waals surface area contributed by atoms with Gasteiger partial charge in [0, 0.05) is 30.2 Å². The van der Waals surface area contributed by atoms with E-state index in [0.717, 1.165) is 23.9 Å². The van der Waals surface area contributed by atoms with Gasteiger partial charge in [-0.3, -0.25) is 4.79 Å². The van der Waals surface area contributed by atoms with Gasteiger partial charge in [0.05, 0.1) is 5.92 Å². The van der Waals surface area contributed by atoms with Gasteiger partial charge in [-0.1, -0.05) is 0 Å². The summed E-state index contributed by atoms with van der Waals surface area (Å²) in [5.74, 6) is -2.07. The molecule has 7 nitrogen and oxygen atoms in total. The van der Waals surface area contributed by atoms with Crippen LogP contribution in [-0.2, 0) is 11.0 Å². The standard InChI is InChI=1S/C24H20F6N4O3/c25-23(26,27)21-19(35)9-10-20(33-21)31-15-1-5-17(6-2-15)34-12-11-14(13-34)22(36)32-16-3-7-18(8-4-16)37-24(28,29)30/h1-10,14,35H,11-13H2,(H,31,33)(H,32,36). The van der Waals surface area contributed by atoms with Crippen LogP contribution in [0.4, 0.5) is 49.2 Å². The van der Waals surface area contributed by atoms with Crippen molar-refractivity contribution >= 4 is 28.8 Å². The number of nitrogens with zero attached hydrogens (tertiary/aromatic N) is 2. The number of hydrogen-bond donors (Lipinski definition) is 3. The molecule has 0 saturated carbocycles. The van der Waals surface area contributed by atoms with E-state index in [0.29, 0.717) is 30.9 Å². The summed E-state index contributed by atoms with van der Waals surface area (Å²) >= 11 is 0. The third-order valence-electron chi connectivity index (χ3n) is 5.56. The first kappa shape index (κ1) is 25.9. The van der Waals surface area contributed by atoms with Gasteiger partial charge in [-0.2, -0.15) is 13.2 Å². The molecule has 3 aromatic rings. The van der Waals surface area contributed by atoms with Gasteiger partial charge in [0.1, 0.15) is 17.3 Å². The van der Waals surface area contributed by atoms with E-state index in [1.807, 2.05) is 4.90 Å². The van der Waals surface area contributed by atoms with Crippen LogP contribution in [0.2, 0.25) is 0 Å². The van der Waals surface area contributed by atoms with Crippen molar-refractivity contribution in [2.24, 2.45) is 5.92 Å². The van der Waals surface area contributed by atoms with Crippen LogP contribution in [0.15, 0.2) is 60.7 Å². The molecule has 1 amide bonds. The maximum absolute atomic E-state index is 12.9. The third-order valence-corrected chi connectivity index (χ3v) is 5.56. The van der Waals surface area contributed by atoms with E-state index in [9.17, 15) is 36.2 Å². The van der Waals surface area contributed by atoms with Gasteiger partial charge in [-0.15, -0.1) is 13.2 Å². The molecule has 0 spiro atoms. The minimum absolute atomic E-state index is 0.0891. The molecule has 13 heteroatoms. The van der Waals surface area contributed by atoms with Crippen molar-refractivity contribution in [1.82, 2.24) is 4.98 Å². The van der Waals surface area contributed by atoms with E-state index in [4.69, 9.17) is 0 Å². The number of carbonyl (C=O) groups excluding carboxylic acids is 1. The van der Waals surface area contributed by atoms with Crippen molar-refractivity contribution in [3.63, 3.8) is 0 Å².